The maximum atomic E-state index is 12.3. The zero-order chi connectivity index (χ0) is 23.9. The van der Waals surface area contributed by atoms with Crippen LogP contribution in [0, 0.1) is 34.5 Å². The van der Waals surface area contributed by atoms with E-state index in [0.29, 0.717) is 18.5 Å². The van der Waals surface area contributed by atoms with Crippen LogP contribution >= 0.6 is 0 Å². The third-order valence-electron chi connectivity index (χ3n) is 10.8. The summed E-state index contributed by atoms with van der Waals surface area (Å²) in [5.41, 5.74) is 3.04. The zero-order valence-electron chi connectivity index (χ0n) is 21.4. The topological polar surface area (TPSA) is 83.0 Å². The number of allylic oxidation sites excluding steroid dienone is 1. The second kappa shape index (κ2) is 9.57. The molecule has 34 heavy (non-hydrogen) atoms. The van der Waals surface area contributed by atoms with Gasteiger partial charge in [0.05, 0.1) is 11.8 Å². The van der Waals surface area contributed by atoms with Crippen LogP contribution in [0.25, 0.3) is 0 Å². The van der Waals surface area contributed by atoms with Gasteiger partial charge >= 0.3 is 6.09 Å². The van der Waals surface area contributed by atoms with E-state index in [-0.39, 0.29) is 16.9 Å². The van der Waals surface area contributed by atoms with Crippen LogP contribution in [0.15, 0.2) is 16.8 Å². The quantitative estimate of drug-likeness (QED) is 0.229. The molecule has 0 bridgehead atoms. The Labute approximate surface area is 205 Å². The highest BCUT2D eigenvalue weighted by Crippen LogP contribution is 2.66. The van der Waals surface area contributed by atoms with Gasteiger partial charge in [0.1, 0.15) is 0 Å². The van der Waals surface area contributed by atoms with E-state index in [2.05, 4.69) is 42.6 Å². The molecular formula is C28H45N3O3. The van der Waals surface area contributed by atoms with Crippen molar-refractivity contribution in [2.45, 2.75) is 104 Å². The van der Waals surface area contributed by atoms with E-state index in [0.717, 1.165) is 62.1 Å². The molecule has 5 aliphatic rings. The van der Waals surface area contributed by atoms with Crippen molar-refractivity contribution in [3.05, 3.63) is 11.6 Å². The number of nitrogens with one attached hydrogen (secondary N) is 2. The first kappa shape index (κ1) is 24.3. The largest absolute Gasteiger partial charge is 0.433 e. The first-order chi connectivity index (χ1) is 16.3. The van der Waals surface area contributed by atoms with E-state index in [4.69, 9.17) is 4.84 Å². The monoisotopic (exact) mass is 471 g/mol. The predicted molar refractivity (Wildman–Crippen MR) is 134 cm³/mol. The molecule has 1 heterocycles. The highest BCUT2D eigenvalue weighted by molar-refractivity contribution is 5.85. The fourth-order valence-corrected chi connectivity index (χ4v) is 8.91. The standard InChI is InChI=1S/C28H45N3O3/c1-18(31-34-26(33)30-17-20-6-4-5-15-29-20)23-9-10-24-22-8-7-19-16-21(32)11-13-27(19,2)25(22)12-14-28(23,24)3/h16,20-25,29,32H,4-15,17H2,1-3H3,(H,30,33)/b31-18+/t20?,21-,22-,23+,24-,25-,27-,28+/m0/s1. The lowest BCUT2D eigenvalue weighted by atomic mass is 9.46. The van der Waals surface area contributed by atoms with E-state index < -0.39 is 6.09 Å². The van der Waals surface area contributed by atoms with Crippen LogP contribution in [0.2, 0.25) is 0 Å². The Bertz CT molecular complexity index is 835. The highest BCUT2D eigenvalue weighted by atomic mass is 16.7. The summed E-state index contributed by atoms with van der Waals surface area (Å²) in [7, 11) is 0. The number of amides is 1. The summed E-state index contributed by atoms with van der Waals surface area (Å²) in [5.74, 6) is 2.62. The minimum atomic E-state index is -0.436. The van der Waals surface area contributed by atoms with Crippen molar-refractivity contribution in [3.8, 4) is 0 Å². The van der Waals surface area contributed by atoms with Crippen molar-refractivity contribution in [3.63, 3.8) is 0 Å². The Kier molecular flexibility index (Phi) is 6.84. The predicted octanol–water partition coefficient (Wildman–Crippen LogP) is 5.17. The SMILES string of the molecule is C/C(=N\OC(=O)NCC1CCCCN1)[C@H]1CC[C@H]2[C@@H]3CCC4=C[C@@H](O)CC[C@]4(C)[C@H]3CC[C@]12C. The first-order valence-corrected chi connectivity index (χ1v) is 13.9. The number of fused-ring (bicyclic) bond motifs is 5. The van der Waals surface area contributed by atoms with Crippen LogP contribution < -0.4 is 10.6 Å². The number of oxime groups is 1. The number of carbonyl (C=O) groups excluding carboxylic acids is 1. The summed E-state index contributed by atoms with van der Waals surface area (Å²) in [6, 6.07) is 0.344. The molecule has 4 aliphatic carbocycles. The fourth-order valence-electron chi connectivity index (χ4n) is 8.91. The number of piperidine rings is 1. The number of aliphatic hydroxyl groups is 1. The smallest absolute Gasteiger partial charge is 0.389 e. The number of carbonyl (C=O) groups is 1. The van der Waals surface area contributed by atoms with Crippen LogP contribution in [-0.2, 0) is 4.84 Å². The Hall–Kier alpha value is -1.40. The third kappa shape index (κ3) is 4.34. The van der Waals surface area contributed by atoms with Gasteiger partial charge in [-0.3, -0.25) is 4.84 Å². The maximum absolute atomic E-state index is 12.3. The van der Waals surface area contributed by atoms with E-state index in [1.807, 2.05) is 0 Å². The molecular weight excluding hydrogens is 426 g/mol. The number of aliphatic hydroxyl groups excluding tert-OH is 1. The van der Waals surface area contributed by atoms with Crippen LogP contribution in [0.5, 0.6) is 0 Å². The molecule has 3 N–H and O–H groups in total. The molecule has 5 rings (SSSR count). The number of hydrogen-bond donors (Lipinski definition) is 3. The van der Waals surface area contributed by atoms with Crippen LogP contribution in [0.4, 0.5) is 4.79 Å². The second-order valence-electron chi connectivity index (χ2n) is 12.4. The molecule has 4 fully saturated rings. The zero-order valence-corrected chi connectivity index (χ0v) is 21.4. The van der Waals surface area contributed by atoms with Crippen LogP contribution in [0.1, 0.15) is 91.4 Å². The molecule has 190 valence electrons. The Balaban J connectivity index is 1.21. The molecule has 3 saturated carbocycles. The van der Waals surface area contributed by atoms with Crippen molar-refractivity contribution in [1.29, 1.82) is 0 Å². The average molecular weight is 472 g/mol. The van der Waals surface area contributed by atoms with Crippen molar-refractivity contribution >= 4 is 11.8 Å². The van der Waals surface area contributed by atoms with E-state index in [1.165, 1.54) is 44.1 Å². The molecule has 1 saturated heterocycles. The molecule has 0 aromatic rings. The molecule has 6 heteroatoms. The van der Waals surface area contributed by atoms with Gasteiger partial charge in [0.25, 0.3) is 0 Å². The van der Waals surface area contributed by atoms with Gasteiger partial charge in [-0.05, 0) is 106 Å². The molecule has 0 spiro atoms. The van der Waals surface area contributed by atoms with Crippen LogP contribution in [-0.4, -0.2) is 42.1 Å². The lowest BCUT2D eigenvalue weighted by molar-refractivity contribution is -0.0479. The lowest BCUT2D eigenvalue weighted by Gasteiger charge is -2.58. The number of nitrogens with zero attached hydrogens (tertiary/aromatic N) is 1. The molecule has 1 amide bonds. The van der Waals surface area contributed by atoms with Gasteiger partial charge in [0, 0.05) is 18.5 Å². The minimum absolute atomic E-state index is 0.237. The fraction of sp³-hybridized carbons (Fsp3) is 0.857. The molecule has 0 aromatic heterocycles. The Morgan fingerprint density at radius 1 is 1.15 bits per heavy atom. The van der Waals surface area contributed by atoms with E-state index in [1.54, 1.807) is 0 Å². The molecule has 8 atom stereocenters. The highest BCUT2D eigenvalue weighted by Gasteiger charge is 2.59. The Morgan fingerprint density at radius 2 is 2.00 bits per heavy atom. The van der Waals surface area contributed by atoms with Gasteiger partial charge in [0.2, 0.25) is 0 Å². The van der Waals surface area contributed by atoms with E-state index >= 15 is 0 Å². The van der Waals surface area contributed by atoms with Gasteiger partial charge < -0.3 is 15.7 Å². The molecule has 0 radical (unpaired) electrons. The van der Waals surface area contributed by atoms with E-state index in [9.17, 15) is 9.90 Å². The maximum Gasteiger partial charge on any atom is 0.433 e. The van der Waals surface area contributed by atoms with Crippen molar-refractivity contribution in [1.82, 2.24) is 10.6 Å². The summed E-state index contributed by atoms with van der Waals surface area (Å²) in [4.78, 5) is 17.6. The lowest BCUT2D eigenvalue weighted by Crippen LogP contribution is -2.51. The summed E-state index contributed by atoms with van der Waals surface area (Å²) in [6.07, 6.45) is 14.4. The van der Waals surface area contributed by atoms with Gasteiger partial charge in [-0.25, -0.2) is 4.79 Å². The van der Waals surface area contributed by atoms with Crippen LogP contribution in [0.3, 0.4) is 0 Å². The van der Waals surface area contributed by atoms with Crippen molar-refractivity contribution in [2.75, 3.05) is 13.1 Å². The van der Waals surface area contributed by atoms with Crippen molar-refractivity contribution < 1.29 is 14.7 Å². The normalized spacial score (nSPS) is 44.4. The van der Waals surface area contributed by atoms with Gasteiger partial charge in [0.15, 0.2) is 0 Å². The Morgan fingerprint density at radius 3 is 2.79 bits per heavy atom. The second-order valence-corrected chi connectivity index (χ2v) is 12.4. The average Bonchev–Trinajstić information content (AvgIpc) is 3.19. The molecule has 0 aromatic carbocycles. The van der Waals surface area contributed by atoms with Crippen molar-refractivity contribution in [2.24, 2.45) is 39.7 Å². The molecule has 1 unspecified atom stereocenters. The van der Waals surface area contributed by atoms with Gasteiger partial charge in [-0.15, -0.1) is 0 Å². The van der Waals surface area contributed by atoms with Gasteiger partial charge in [-0.2, -0.15) is 0 Å². The first-order valence-electron chi connectivity index (χ1n) is 13.9. The van der Waals surface area contributed by atoms with Gasteiger partial charge in [-0.1, -0.05) is 37.1 Å². The molecule has 6 nitrogen and oxygen atoms in total. The number of hydrogen-bond acceptors (Lipinski definition) is 5. The summed E-state index contributed by atoms with van der Waals surface area (Å²) in [5, 5.41) is 20.9. The summed E-state index contributed by atoms with van der Waals surface area (Å²) >= 11 is 0. The molecule has 1 aliphatic heterocycles. The summed E-state index contributed by atoms with van der Waals surface area (Å²) < 4.78 is 0. The number of rotatable bonds is 4. The summed E-state index contributed by atoms with van der Waals surface area (Å²) in [6.45, 7) is 8.66. The minimum Gasteiger partial charge on any atom is -0.389 e. The third-order valence-corrected chi connectivity index (χ3v) is 10.8.